The molecule has 0 aliphatic rings. The highest BCUT2D eigenvalue weighted by Gasteiger charge is 2.26. The van der Waals surface area contributed by atoms with E-state index in [1.54, 1.807) is 18.2 Å². The first-order chi connectivity index (χ1) is 9.49. The lowest BCUT2D eigenvalue weighted by atomic mass is 10.0. The Morgan fingerprint density at radius 2 is 1.70 bits per heavy atom. The molecule has 5 heteroatoms. The third-order valence-electron chi connectivity index (χ3n) is 2.83. The predicted molar refractivity (Wildman–Crippen MR) is 91.0 cm³/mol. The van der Waals surface area contributed by atoms with Crippen molar-refractivity contribution in [1.82, 2.24) is 0 Å². The molecule has 0 bridgehead atoms. The van der Waals surface area contributed by atoms with Crippen LogP contribution in [-0.4, -0.2) is 15.7 Å². The van der Waals surface area contributed by atoms with Gasteiger partial charge in [-0.05, 0) is 29.8 Å². The van der Waals surface area contributed by atoms with E-state index in [0.29, 0.717) is 5.56 Å². The van der Waals surface area contributed by atoms with Crippen LogP contribution in [0.5, 0.6) is 5.75 Å². The van der Waals surface area contributed by atoms with Gasteiger partial charge in [0, 0.05) is 10.0 Å². The van der Waals surface area contributed by atoms with Gasteiger partial charge in [-0.3, -0.25) is 4.79 Å². The van der Waals surface area contributed by atoms with E-state index >= 15 is 0 Å². The molecule has 0 saturated carbocycles. The first-order valence-electron chi connectivity index (χ1n) is 5.86. The molecule has 104 valence electrons. The molecular weight excluding hydrogens is 452 g/mol. The molecule has 2 rings (SSSR count). The number of rotatable bonds is 4. The molecule has 0 aromatic heterocycles. The molecule has 2 unspecified atom stereocenters. The SMILES string of the molecule is O=C(c1cccc(O)c1)C(Br)C(Br)c1ccc(Br)cc1. The number of hydrogen-bond donors (Lipinski definition) is 1. The van der Waals surface area contributed by atoms with Crippen molar-refractivity contribution in [1.29, 1.82) is 0 Å². The maximum atomic E-state index is 12.4. The number of carbonyl (C=O) groups is 1. The summed E-state index contributed by atoms with van der Waals surface area (Å²) in [6.07, 6.45) is 0. The smallest absolute Gasteiger partial charge is 0.178 e. The molecule has 0 radical (unpaired) electrons. The van der Waals surface area contributed by atoms with Crippen molar-refractivity contribution >= 4 is 53.6 Å². The van der Waals surface area contributed by atoms with Crippen LogP contribution in [0, 0.1) is 0 Å². The summed E-state index contributed by atoms with van der Waals surface area (Å²) in [5.41, 5.74) is 1.48. The highest BCUT2D eigenvalue weighted by molar-refractivity contribution is 9.12. The van der Waals surface area contributed by atoms with Crippen LogP contribution in [0.25, 0.3) is 0 Å². The topological polar surface area (TPSA) is 37.3 Å². The monoisotopic (exact) mass is 460 g/mol. The van der Waals surface area contributed by atoms with E-state index in [2.05, 4.69) is 47.8 Å². The van der Waals surface area contributed by atoms with Crippen molar-refractivity contribution in [2.75, 3.05) is 0 Å². The number of hydrogen-bond acceptors (Lipinski definition) is 2. The molecule has 2 aromatic carbocycles. The summed E-state index contributed by atoms with van der Waals surface area (Å²) in [7, 11) is 0. The van der Waals surface area contributed by atoms with Gasteiger partial charge < -0.3 is 5.11 Å². The van der Waals surface area contributed by atoms with E-state index in [1.807, 2.05) is 24.3 Å². The van der Waals surface area contributed by atoms with E-state index < -0.39 is 4.83 Å². The summed E-state index contributed by atoms with van der Waals surface area (Å²) in [5, 5.41) is 9.45. The van der Waals surface area contributed by atoms with Crippen LogP contribution in [0.4, 0.5) is 0 Å². The molecule has 2 nitrogen and oxygen atoms in total. The van der Waals surface area contributed by atoms with Crippen LogP contribution in [0.15, 0.2) is 53.0 Å². The second kappa shape index (κ2) is 6.87. The zero-order chi connectivity index (χ0) is 14.7. The maximum absolute atomic E-state index is 12.4. The van der Waals surface area contributed by atoms with E-state index in [4.69, 9.17) is 0 Å². The van der Waals surface area contributed by atoms with Gasteiger partial charge >= 0.3 is 0 Å². The second-order valence-corrected chi connectivity index (χ2v) is 7.16. The summed E-state index contributed by atoms with van der Waals surface area (Å²) >= 11 is 10.4. The number of benzene rings is 2. The largest absolute Gasteiger partial charge is 0.508 e. The molecule has 1 N–H and O–H groups in total. The van der Waals surface area contributed by atoms with E-state index in [-0.39, 0.29) is 16.4 Å². The van der Waals surface area contributed by atoms with Gasteiger partial charge in [0.2, 0.25) is 0 Å². The molecule has 0 aliphatic carbocycles. The minimum Gasteiger partial charge on any atom is -0.508 e. The average molecular weight is 463 g/mol. The molecular formula is C15H11Br3O2. The highest BCUT2D eigenvalue weighted by atomic mass is 79.9. The number of aromatic hydroxyl groups is 1. The molecule has 0 spiro atoms. The summed E-state index contributed by atoms with van der Waals surface area (Å²) in [5.74, 6) is 0.0102. The Balaban J connectivity index is 2.20. The third-order valence-corrected chi connectivity index (χ3v) is 6.07. The number of phenolic OH excluding ortho intramolecular Hbond substituents is 1. The van der Waals surface area contributed by atoms with Gasteiger partial charge in [0.25, 0.3) is 0 Å². The maximum Gasteiger partial charge on any atom is 0.178 e. The number of alkyl halides is 2. The predicted octanol–water partition coefficient (Wildman–Crippen LogP) is 5.24. The van der Waals surface area contributed by atoms with Crippen LogP contribution in [0.3, 0.4) is 0 Å². The molecule has 0 heterocycles. The Hall–Kier alpha value is -0.650. The van der Waals surface area contributed by atoms with Crippen LogP contribution >= 0.6 is 47.8 Å². The van der Waals surface area contributed by atoms with Crippen molar-refractivity contribution < 1.29 is 9.90 Å². The van der Waals surface area contributed by atoms with E-state index in [1.165, 1.54) is 6.07 Å². The number of carbonyl (C=O) groups excluding carboxylic acids is 1. The van der Waals surface area contributed by atoms with Crippen LogP contribution in [-0.2, 0) is 0 Å². The zero-order valence-electron chi connectivity index (χ0n) is 10.3. The van der Waals surface area contributed by atoms with Crippen molar-refractivity contribution in [3.8, 4) is 5.75 Å². The Bertz CT molecular complexity index is 611. The van der Waals surface area contributed by atoms with Crippen molar-refractivity contribution in [2.45, 2.75) is 9.65 Å². The lowest BCUT2D eigenvalue weighted by molar-refractivity contribution is 0.0990. The molecule has 0 amide bonds. The normalized spacial score (nSPS) is 13.8. The summed E-state index contributed by atoms with van der Waals surface area (Å²) in [6, 6.07) is 14.1. The lowest BCUT2D eigenvalue weighted by Crippen LogP contribution is -2.19. The van der Waals surface area contributed by atoms with Gasteiger partial charge in [-0.1, -0.05) is 72.1 Å². The Kier molecular flexibility index (Phi) is 5.41. The minimum atomic E-state index is -0.412. The van der Waals surface area contributed by atoms with Gasteiger partial charge in [-0.2, -0.15) is 0 Å². The highest BCUT2D eigenvalue weighted by Crippen LogP contribution is 2.34. The fourth-order valence-electron chi connectivity index (χ4n) is 1.77. The standard InChI is InChI=1S/C15H11Br3O2/c16-11-6-4-9(5-7-11)13(17)14(18)15(20)10-2-1-3-12(19)8-10/h1-8,13-14,19H. The average Bonchev–Trinajstić information content (AvgIpc) is 2.46. The molecule has 0 fully saturated rings. The van der Waals surface area contributed by atoms with Crippen molar-refractivity contribution in [3.63, 3.8) is 0 Å². The Labute approximate surface area is 142 Å². The molecule has 2 aromatic rings. The molecule has 0 saturated heterocycles. The molecule has 2 atom stereocenters. The molecule has 0 aliphatic heterocycles. The zero-order valence-corrected chi connectivity index (χ0v) is 15.0. The number of Topliss-reactive ketones (excluding diaryl/α,β-unsaturated/α-hetero) is 1. The Morgan fingerprint density at radius 3 is 2.30 bits per heavy atom. The minimum absolute atomic E-state index is 0.0781. The third kappa shape index (κ3) is 3.71. The quantitative estimate of drug-likeness (QED) is 0.498. The van der Waals surface area contributed by atoms with Crippen molar-refractivity contribution in [3.05, 3.63) is 64.1 Å². The molecule has 20 heavy (non-hydrogen) atoms. The van der Waals surface area contributed by atoms with Crippen LogP contribution < -0.4 is 0 Å². The number of ketones is 1. The fourth-order valence-corrected chi connectivity index (χ4v) is 3.15. The lowest BCUT2D eigenvalue weighted by Gasteiger charge is -2.16. The number of phenols is 1. The first kappa shape index (κ1) is 15.7. The second-order valence-electron chi connectivity index (χ2n) is 4.27. The fraction of sp³-hybridized carbons (Fsp3) is 0.133. The van der Waals surface area contributed by atoms with Crippen LogP contribution in [0.1, 0.15) is 20.7 Å². The van der Waals surface area contributed by atoms with Crippen LogP contribution in [0.2, 0.25) is 0 Å². The Morgan fingerprint density at radius 1 is 1.05 bits per heavy atom. The van der Waals surface area contributed by atoms with Gasteiger partial charge in [0.15, 0.2) is 5.78 Å². The van der Waals surface area contributed by atoms with Gasteiger partial charge in [0.05, 0.1) is 9.65 Å². The summed E-state index contributed by atoms with van der Waals surface area (Å²) in [4.78, 5) is 11.8. The summed E-state index contributed by atoms with van der Waals surface area (Å²) < 4.78 is 0.992. The van der Waals surface area contributed by atoms with Gasteiger partial charge in [-0.25, -0.2) is 0 Å². The van der Waals surface area contributed by atoms with Gasteiger partial charge in [-0.15, -0.1) is 0 Å². The first-order valence-corrected chi connectivity index (χ1v) is 8.48. The van der Waals surface area contributed by atoms with E-state index in [0.717, 1.165) is 10.0 Å². The number of halogens is 3. The van der Waals surface area contributed by atoms with Crippen molar-refractivity contribution in [2.24, 2.45) is 0 Å². The summed E-state index contributed by atoms with van der Waals surface area (Å²) in [6.45, 7) is 0. The van der Waals surface area contributed by atoms with E-state index in [9.17, 15) is 9.90 Å². The van der Waals surface area contributed by atoms with Gasteiger partial charge in [0.1, 0.15) is 5.75 Å².